The molecule has 1 fully saturated rings. The first-order valence-electron chi connectivity index (χ1n) is 6.72. The fourth-order valence-electron chi connectivity index (χ4n) is 2.51. The van der Waals surface area contributed by atoms with Gasteiger partial charge in [-0.3, -0.25) is 0 Å². The first kappa shape index (κ1) is 12.9. The molecule has 18 heavy (non-hydrogen) atoms. The van der Waals surface area contributed by atoms with E-state index in [-0.39, 0.29) is 6.03 Å². The fraction of sp³-hybridized carbons (Fsp3) is 0.533. The third-order valence-electron chi connectivity index (χ3n) is 3.53. The van der Waals surface area contributed by atoms with Crippen molar-refractivity contribution in [3.05, 3.63) is 35.4 Å². The molecule has 1 aliphatic carbocycles. The molecule has 0 atom stereocenters. The van der Waals surface area contributed by atoms with Crippen LogP contribution in [-0.2, 0) is 6.54 Å². The molecule has 0 unspecified atom stereocenters. The summed E-state index contributed by atoms with van der Waals surface area (Å²) in [4.78, 5) is 13.8. The molecule has 2 rings (SSSR count). The normalized spacial score (nSPS) is 15.7. The van der Waals surface area contributed by atoms with E-state index in [0.717, 1.165) is 12.8 Å². The van der Waals surface area contributed by atoms with E-state index in [0.29, 0.717) is 12.6 Å². The molecule has 0 heterocycles. The SMILES string of the molecule is Cc1cccc(CN(C)C(=O)NC2CCCC2)c1. The van der Waals surface area contributed by atoms with Gasteiger partial charge in [-0.15, -0.1) is 0 Å². The monoisotopic (exact) mass is 246 g/mol. The molecular weight excluding hydrogens is 224 g/mol. The molecule has 1 saturated carbocycles. The Bertz CT molecular complexity index is 411. The van der Waals surface area contributed by atoms with Crippen LogP contribution in [0.25, 0.3) is 0 Å². The number of carbonyl (C=O) groups excluding carboxylic acids is 1. The van der Waals surface area contributed by atoms with Crippen LogP contribution in [0.4, 0.5) is 4.79 Å². The van der Waals surface area contributed by atoms with Crippen molar-refractivity contribution in [3.8, 4) is 0 Å². The van der Waals surface area contributed by atoms with Gasteiger partial charge in [-0.25, -0.2) is 4.79 Å². The van der Waals surface area contributed by atoms with Gasteiger partial charge in [0.15, 0.2) is 0 Å². The van der Waals surface area contributed by atoms with Crippen molar-refractivity contribution in [1.82, 2.24) is 10.2 Å². The minimum absolute atomic E-state index is 0.0448. The summed E-state index contributed by atoms with van der Waals surface area (Å²) in [6, 6.07) is 8.72. The van der Waals surface area contributed by atoms with Crippen molar-refractivity contribution >= 4 is 6.03 Å². The highest BCUT2D eigenvalue weighted by atomic mass is 16.2. The summed E-state index contributed by atoms with van der Waals surface area (Å²) in [6.07, 6.45) is 4.74. The van der Waals surface area contributed by atoms with Crippen LogP contribution in [0.3, 0.4) is 0 Å². The van der Waals surface area contributed by atoms with Crippen molar-refractivity contribution in [3.63, 3.8) is 0 Å². The lowest BCUT2D eigenvalue weighted by molar-refractivity contribution is 0.202. The van der Waals surface area contributed by atoms with Crippen LogP contribution < -0.4 is 5.32 Å². The molecule has 0 spiro atoms. The molecule has 0 bridgehead atoms. The Morgan fingerprint density at radius 1 is 1.39 bits per heavy atom. The maximum Gasteiger partial charge on any atom is 0.317 e. The van der Waals surface area contributed by atoms with E-state index in [2.05, 4.69) is 30.4 Å². The molecule has 0 saturated heterocycles. The molecular formula is C15H22N2O. The van der Waals surface area contributed by atoms with Gasteiger partial charge in [0.1, 0.15) is 0 Å². The van der Waals surface area contributed by atoms with Crippen LogP contribution in [-0.4, -0.2) is 24.0 Å². The van der Waals surface area contributed by atoms with Gasteiger partial charge in [-0.1, -0.05) is 42.7 Å². The van der Waals surface area contributed by atoms with E-state index in [9.17, 15) is 4.79 Å². The first-order valence-corrected chi connectivity index (χ1v) is 6.72. The molecule has 1 aromatic rings. The minimum atomic E-state index is 0.0448. The van der Waals surface area contributed by atoms with Crippen molar-refractivity contribution in [2.45, 2.75) is 45.2 Å². The third-order valence-corrected chi connectivity index (χ3v) is 3.53. The van der Waals surface area contributed by atoms with Gasteiger partial charge in [-0.2, -0.15) is 0 Å². The number of nitrogens with one attached hydrogen (secondary N) is 1. The van der Waals surface area contributed by atoms with Gasteiger partial charge in [0, 0.05) is 19.6 Å². The predicted molar refractivity (Wildman–Crippen MR) is 73.4 cm³/mol. The molecule has 1 aliphatic rings. The lowest BCUT2D eigenvalue weighted by Crippen LogP contribution is -2.41. The Kier molecular flexibility index (Phi) is 4.24. The molecule has 1 aromatic carbocycles. The highest BCUT2D eigenvalue weighted by Crippen LogP contribution is 2.18. The van der Waals surface area contributed by atoms with Crippen LogP contribution in [0.2, 0.25) is 0 Å². The van der Waals surface area contributed by atoms with Gasteiger partial charge in [0.2, 0.25) is 0 Å². The third kappa shape index (κ3) is 3.49. The molecule has 0 aromatic heterocycles. The summed E-state index contributed by atoms with van der Waals surface area (Å²) in [5, 5.41) is 3.10. The van der Waals surface area contributed by atoms with Crippen LogP contribution in [0.5, 0.6) is 0 Å². The highest BCUT2D eigenvalue weighted by molar-refractivity contribution is 5.74. The zero-order valence-corrected chi connectivity index (χ0v) is 11.3. The Hall–Kier alpha value is -1.51. The van der Waals surface area contributed by atoms with E-state index in [4.69, 9.17) is 0 Å². The molecule has 98 valence electrons. The van der Waals surface area contributed by atoms with Crippen LogP contribution >= 0.6 is 0 Å². The maximum absolute atomic E-state index is 12.0. The zero-order valence-electron chi connectivity index (χ0n) is 11.3. The van der Waals surface area contributed by atoms with Crippen molar-refractivity contribution in [2.75, 3.05) is 7.05 Å². The smallest absolute Gasteiger partial charge is 0.317 e. The number of carbonyl (C=O) groups is 1. The predicted octanol–water partition coefficient (Wildman–Crippen LogP) is 3.08. The van der Waals surface area contributed by atoms with Gasteiger partial charge >= 0.3 is 6.03 Å². The molecule has 2 amide bonds. The second-order valence-electron chi connectivity index (χ2n) is 5.28. The second kappa shape index (κ2) is 5.89. The number of benzene rings is 1. The number of rotatable bonds is 3. The largest absolute Gasteiger partial charge is 0.335 e. The average molecular weight is 246 g/mol. The van der Waals surface area contributed by atoms with Crippen molar-refractivity contribution in [2.24, 2.45) is 0 Å². The van der Waals surface area contributed by atoms with Crippen LogP contribution in [0.15, 0.2) is 24.3 Å². The Labute approximate surface area is 109 Å². The summed E-state index contributed by atoms with van der Waals surface area (Å²) in [6.45, 7) is 2.74. The van der Waals surface area contributed by atoms with Crippen LogP contribution in [0, 0.1) is 6.92 Å². The maximum atomic E-state index is 12.0. The van der Waals surface area contributed by atoms with E-state index in [1.54, 1.807) is 4.90 Å². The minimum Gasteiger partial charge on any atom is -0.335 e. The molecule has 0 radical (unpaired) electrons. The number of aryl methyl sites for hydroxylation is 1. The Balaban J connectivity index is 1.86. The summed E-state index contributed by atoms with van der Waals surface area (Å²) >= 11 is 0. The summed E-state index contributed by atoms with van der Waals surface area (Å²) in [5.74, 6) is 0. The van der Waals surface area contributed by atoms with Crippen molar-refractivity contribution in [1.29, 1.82) is 0 Å². The lowest BCUT2D eigenvalue weighted by atomic mass is 10.1. The Morgan fingerprint density at radius 3 is 2.78 bits per heavy atom. The summed E-state index contributed by atoms with van der Waals surface area (Å²) in [5.41, 5.74) is 2.41. The molecule has 0 aliphatic heterocycles. The number of hydrogen-bond donors (Lipinski definition) is 1. The quantitative estimate of drug-likeness (QED) is 0.873. The Morgan fingerprint density at radius 2 is 2.11 bits per heavy atom. The topological polar surface area (TPSA) is 32.3 Å². The van der Waals surface area contributed by atoms with Gasteiger partial charge in [0.05, 0.1) is 0 Å². The lowest BCUT2D eigenvalue weighted by Gasteiger charge is -2.21. The number of amides is 2. The first-order chi connectivity index (χ1) is 8.65. The number of urea groups is 1. The van der Waals surface area contributed by atoms with E-state index in [1.165, 1.54) is 24.0 Å². The zero-order chi connectivity index (χ0) is 13.0. The van der Waals surface area contributed by atoms with Gasteiger partial charge < -0.3 is 10.2 Å². The fourth-order valence-corrected chi connectivity index (χ4v) is 2.51. The van der Waals surface area contributed by atoms with E-state index < -0.39 is 0 Å². The second-order valence-corrected chi connectivity index (χ2v) is 5.28. The summed E-state index contributed by atoms with van der Waals surface area (Å²) < 4.78 is 0. The van der Waals surface area contributed by atoms with Gasteiger partial charge in [0.25, 0.3) is 0 Å². The molecule has 3 heteroatoms. The van der Waals surface area contributed by atoms with Crippen molar-refractivity contribution < 1.29 is 4.79 Å². The molecule has 1 N–H and O–H groups in total. The molecule has 3 nitrogen and oxygen atoms in total. The highest BCUT2D eigenvalue weighted by Gasteiger charge is 2.18. The van der Waals surface area contributed by atoms with Crippen LogP contribution in [0.1, 0.15) is 36.8 Å². The average Bonchev–Trinajstić information content (AvgIpc) is 2.81. The van der Waals surface area contributed by atoms with E-state index >= 15 is 0 Å². The van der Waals surface area contributed by atoms with E-state index in [1.807, 2.05) is 13.1 Å². The number of nitrogens with zero attached hydrogens (tertiary/aromatic N) is 1. The van der Waals surface area contributed by atoms with Gasteiger partial charge in [-0.05, 0) is 25.3 Å². The summed E-state index contributed by atoms with van der Waals surface area (Å²) in [7, 11) is 1.85. The standard InChI is InChI=1S/C15H22N2O/c1-12-6-5-7-13(10-12)11-17(2)15(18)16-14-8-3-4-9-14/h5-7,10,14H,3-4,8-9,11H2,1-2H3,(H,16,18). The number of hydrogen-bond acceptors (Lipinski definition) is 1.